The van der Waals surface area contributed by atoms with E-state index >= 15 is 0 Å². The maximum Gasteiger partial charge on any atom is 0.272 e. The first-order chi connectivity index (χ1) is 26.5. The second-order valence-corrected chi connectivity index (χ2v) is 13.3. The zero-order valence-corrected chi connectivity index (χ0v) is 29.8. The van der Waals surface area contributed by atoms with E-state index in [0.717, 1.165) is 16.0 Å². The Labute approximate surface area is 317 Å². The number of carbonyl (C=O) groups is 3. The third kappa shape index (κ3) is 9.36. The summed E-state index contributed by atoms with van der Waals surface area (Å²) in [5.41, 5.74) is 4.16. The fourth-order valence-electron chi connectivity index (χ4n) is 5.54. The molecule has 0 bridgehead atoms. The van der Waals surface area contributed by atoms with Crippen LogP contribution in [0, 0.1) is 0 Å². The van der Waals surface area contributed by atoms with E-state index in [9.17, 15) is 14.4 Å². The number of amides is 3. The molecule has 0 aromatic heterocycles. The number of hydrogen-bond acceptors (Lipinski definition) is 7. The molecule has 1 unspecified atom stereocenters. The fourth-order valence-corrected chi connectivity index (χ4v) is 6.57. The number of anilines is 2. The molecule has 6 aromatic carbocycles. The van der Waals surface area contributed by atoms with E-state index in [-0.39, 0.29) is 18.4 Å². The molecular weight excluding hydrogens is 699 g/mol. The zero-order valence-electron chi connectivity index (χ0n) is 28.9. The van der Waals surface area contributed by atoms with Crippen molar-refractivity contribution in [3.8, 4) is 17.2 Å². The van der Waals surface area contributed by atoms with E-state index in [1.807, 2.05) is 103 Å². The molecule has 1 heterocycles. The second-order valence-electron chi connectivity index (χ2n) is 12.2. The number of ether oxygens (including phenoxy) is 3. The molecule has 1 atom stereocenters. The molecule has 10 heteroatoms. The number of nitrogens with one attached hydrogen (secondary N) is 3. The summed E-state index contributed by atoms with van der Waals surface area (Å²) in [5.74, 6) is 0.755. The topological polar surface area (TPSA) is 115 Å². The lowest BCUT2D eigenvalue weighted by atomic mass is 10.1. The molecular formula is C44H35N3O6S. The van der Waals surface area contributed by atoms with Crippen molar-refractivity contribution in [2.45, 2.75) is 16.8 Å². The molecule has 0 saturated carbocycles. The maximum absolute atomic E-state index is 13.7. The normalized spacial score (nSPS) is 12.3. The van der Waals surface area contributed by atoms with E-state index in [4.69, 9.17) is 14.2 Å². The van der Waals surface area contributed by atoms with Gasteiger partial charge in [0.05, 0.1) is 0 Å². The molecule has 1 aliphatic heterocycles. The summed E-state index contributed by atoms with van der Waals surface area (Å²) in [6, 6.07) is 47.8. The quantitative estimate of drug-likeness (QED) is 0.0803. The predicted molar refractivity (Wildman–Crippen MR) is 210 cm³/mol. The van der Waals surface area contributed by atoms with E-state index in [1.165, 1.54) is 11.8 Å². The summed E-state index contributed by atoms with van der Waals surface area (Å²) in [4.78, 5) is 41.3. The number of thioether (sulfide) groups is 1. The van der Waals surface area contributed by atoms with Gasteiger partial charge in [0.1, 0.15) is 23.3 Å². The summed E-state index contributed by atoms with van der Waals surface area (Å²) in [7, 11) is 0. The lowest BCUT2D eigenvalue weighted by Crippen LogP contribution is -2.30. The lowest BCUT2D eigenvalue weighted by Gasteiger charge is -2.18. The Balaban J connectivity index is 1.05. The number of fused-ring (bicyclic) bond motifs is 1. The minimum absolute atomic E-state index is 0.0598. The van der Waals surface area contributed by atoms with Gasteiger partial charge in [-0.15, -0.1) is 11.8 Å². The molecule has 0 radical (unpaired) electrons. The fraction of sp³-hybridized carbons (Fsp3) is 0.0682. The van der Waals surface area contributed by atoms with Crippen LogP contribution in [-0.2, 0) is 16.2 Å². The molecule has 54 heavy (non-hydrogen) atoms. The molecule has 9 nitrogen and oxygen atoms in total. The average Bonchev–Trinajstić information content (AvgIpc) is 3.69. The van der Waals surface area contributed by atoms with Gasteiger partial charge in [-0.2, -0.15) is 0 Å². The van der Waals surface area contributed by atoms with Gasteiger partial charge in [0.25, 0.3) is 11.8 Å². The highest BCUT2D eigenvalue weighted by molar-refractivity contribution is 8.00. The Bertz CT molecular complexity index is 2250. The van der Waals surface area contributed by atoms with Crippen LogP contribution in [0.25, 0.3) is 6.08 Å². The van der Waals surface area contributed by atoms with Crippen LogP contribution in [0.3, 0.4) is 0 Å². The number of hydrogen-bond donors (Lipinski definition) is 3. The summed E-state index contributed by atoms with van der Waals surface area (Å²) in [6.07, 6.45) is 1.62. The van der Waals surface area contributed by atoms with E-state index in [2.05, 4.69) is 16.0 Å². The number of carbonyl (C=O) groups excluding carboxylic acids is 3. The van der Waals surface area contributed by atoms with Crippen molar-refractivity contribution in [1.82, 2.24) is 5.32 Å². The summed E-state index contributed by atoms with van der Waals surface area (Å²) in [6.45, 7) is 0.570. The molecule has 268 valence electrons. The van der Waals surface area contributed by atoms with Crippen LogP contribution in [0.5, 0.6) is 17.2 Å². The van der Waals surface area contributed by atoms with Crippen molar-refractivity contribution in [1.29, 1.82) is 0 Å². The molecule has 0 spiro atoms. The van der Waals surface area contributed by atoms with Gasteiger partial charge in [0.2, 0.25) is 12.7 Å². The van der Waals surface area contributed by atoms with Crippen molar-refractivity contribution < 1.29 is 28.6 Å². The van der Waals surface area contributed by atoms with Crippen LogP contribution < -0.4 is 30.2 Å². The predicted octanol–water partition coefficient (Wildman–Crippen LogP) is 8.88. The maximum atomic E-state index is 13.7. The van der Waals surface area contributed by atoms with Crippen molar-refractivity contribution in [3.05, 3.63) is 186 Å². The smallest absolute Gasteiger partial charge is 0.272 e. The third-order valence-corrected chi connectivity index (χ3v) is 9.58. The monoisotopic (exact) mass is 733 g/mol. The highest BCUT2D eigenvalue weighted by Gasteiger charge is 2.24. The van der Waals surface area contributed by atoms with Crippen molar-refractivity contribution in [3.63, 3.8) is 0 Å². The van der Waals surface area contributed by atoms with Crippen molar-refractivity contribution in [2.24, 2.45) is 0 Å². The number of rotatable bonds is 13. The van der Waals surface area contributed by atoms with Crippen molar-refractivity contribution in [2.75, 3.05) is 17.4 Å². The minimum Gasteiger partial charge on any atom is -0.489 e. The highest BCUT2D eigenvalue weighted by Crippen LogP contribution is 2.38. The van der Waals surface area contributed by atoms with Gasteiger partial charge in [-0.3, -0.25) is 14.4 Å². The van der Waals surface area contributed by atoms with Crippen LogP contribution >= 0.6 is 11.8 Å². The molecule has 0 aliphatic carbocycles. The largest absolute Gasteiger partial charge is 0.489 e. The van der Waals surface area contributed by atoms with Gasteiger partial charge in [-0.1, -0.05) is 91.0 Å². The minimum atomic E-state index is -0.574. The Kier molecular flexibility index (Phi) is 11.3. The van der Waals surface area contributed by atoms with Gasteiger partial charge in [0, 0.05) is 27.9 Å². The highest BCUT2D eigenvalue weighted by atomic mass is 32.2. The molecule has 6 aromatic rings. The van der Waals surface area contributed by atoms with Crippen LogP contribution in [0.1, 0.15) is 32.3 Å². The molecule has 0 saturated heterocycles. The summed E-state index contributed by atoms with van der Waals surface area (Å²) >= 11 is 1.38. The zero-order chi connectivity index (χ0) is 37.1. The SMILES string of the molecule is O=C(Nc1ccc(SC(C(=O)Nc2ccc3c(c2)OCO3)c2ccccc2)cc1)/C(=C/c1ccc(OCc2ccccc2)cc1)NC(=O)c1ccccc1. The number of benzene rings is 6. The molecule has 0 fully saturated rings. The van der Waals surface area contributed by atoms with Gasteiger partial charge in [0.15, 0.2) is 11.5 Å². The Morgan fingerprint density at radius 3 is 2.06 bits per heavy atom. The summed E-state index contributed by atoms with van der Waals surface area (Å²) in [5, 5.41) is 8.11. The first-order valence-electron chi connectivity index (χ1n) is 17.2. The first kappa shape index (κ1) is 35.6. The van der Waals surface area contributed by atoms with Gasteiger partial charge < -0.3 is 30.2 Å². The summed E-state index contributed by atoms with van der Waals surface area (Å²) < 4.78 is 16.8. The molecule has 1 aliphatic rings. The standard InChI is InChI=1S/C44H35N3O6S/c48-42(33-14-8-3-9-15-33)47-38(26-30-16-21-36(22-17-30)51-28-31-10-4-1-5-11-31)43(49)45-34-18-23-37(24-19-34)54-41(32-12-6-2-7-13-32)44(50)46-35-20-25-39-40(27-35)53-29-52-39/h1-27,41H,28-29H2,(H,45,49)(H,46,50)(H,47,48)/b38-26-. The molecule has 7 rings (SSSR count). The van der Waals surface area contributed by atoms with Crippen molar-refractivity contribution >= 4 is 46.9 Å². The van der Waals surface area contributed by atoms with Crippen LogP contribution in [0.2, 0.25) is 0 Å². The Hall–Kier alpha value is -6.78. The molecule has 3 N–H and O–H groups in total. The van der Waals surface area contributed by atoms with Gasteiger partial charge in [-0.25, -0.2) is 0 Å². The Morgan fingerprint density at radius 2 is 1.33 bits per heavy atom. The van der Waals surface area contributed by atoms with Gasteiger partial charge in [-0.05, 0) is 83.4 Å². The first-order valence-corrected chi connectivity index (χ1v) is 18.0. The van der Waals surface area contributed by atoms with E-state index in [1.54, 1.807) is 60.7 Å². The van der Waals surface area contributed by atoms with E-state index in [0.29, 0.717) is 46.4 Å². The van der Waals surface area contributed by atoms with Crippen LogP contribution in [0.15, 0.2) is 168 Å². The Morgan fingerprint density at radius 1 is 0.685 bits per heavy atom. The average molecular weight is 734 g/mol. The van der Waals surface area contributed by atoms with Crippen LogP contribution in [0.4, 0.5) is 11.4 Å². The third-order valence-electron chi connectivity index (χ3n) is 8.31. The molecule has 3 amide bonds. The second kappa shape index (κ2) is 17.2. The van der Waals surface area contributed by atoms with E-state index < -0.39 is 17.1 Å². The van der Waals surface area contributed by atoms with Gasteiger partial charge >= 0.3 is 0 Å². The lowest BCUT2D eigenvalue weighted by molar-refractivity contribution is -0.116. The van der Waals surface area contributed by atoms with Crippen LogP contribution in [-0.4, -0.2) is 24.5 Å².